The number of morpholine rings is 1. The Balaban J connectivity index is 1.60. The molecular weight excluding hydrogens is 330 g/mol. The number of benzene rings is 1. The van der Waals surface area contributed by atoms with Gasteiger partial charge in [0.2, 0.25) is 5.91 Å². The Hall–Kier alpha value is -1.79. The van der Waals surface area contributed by atoms with Gasteiger partial charge in [-0.2, -0.15) is 0 Å². The molecule has 2 aliphatic rings. The van der Waals surface area contributed by atoms with Gasteiger partial charge in [0.25, 0.3) is 0 Å². The summed E-state index contributed by atoms with van der Waals surface area (Å²) in [6.45, 7) is 4.80. The second-order valence-corrected chi connectivity index (χ2v) is 7.08. The molecule has 1 aromatic carbocycles. The van der Waals surface area contributed by atoms with E-state index in [4.69, 9.17) is 16.3 Å². The lowest BCUT2D eigenvalue weighted by molar-refractivity contribution is -0.128. The summed E-state index contributed by atoms with van der Waals surface area (Å²) in [5.74, 6) is -0.178. The van der Waals surface area contributed by atoms with Gasteiger partial charge in [0.15, 0.2) is 0 Å². The van der Waals surface area contributed by atoms with Gasteiger partial charge in [-0.25, -0.2) is 4.79 Å². The Kier molecular flexibility index (Phi) is 4.96. The van der Waals surface area contributed by atoms with E-state index in [1.807, 2.05) is 13.8 Å². The molecule has 0 aliphatic carbocycles. The Morgan fingerprint density at radius 3 is 2.62 bits per heavy atom. The summed E-state index contributed by atoms with van der Waals surface area (Å²) < 4.78 is 5.86. The molecule has 1 aromatic rings. The maximum Gasteiger partial charge on any atom is 0.322 e. The summed E-state index contributed by atoms with van der Waals surface area (Å²) in [5, 5.41) is 6.41. The molecule has 0 radical (unpaired) electrons. The van der Waals surface area contributed by atoms with Crippen LogP contribution in [0.5, 0.6) is 0 Å². The summed E-state index contributed by atoms with van der Waals surface area (Å²) in [5.41, 5.74) is 0.692. The minimum Gasteiger partial charge on any atom is -0.370 e. The molecule has 6 nitrogen and oxygen atoms in total. The molecule has 0 saturated carbocycles. The second kappa shape index (κ2) is 6.99. The van der Waals surface area contributed by atoms with E-state index in [9.17, 15) is 9.59 Å². The number of carbonyl (C=O) groups excluding carboxylic acids is 2. The molecule has 3 atom stereocenters. The number of anilines is 1. The normalized spacial score (nSPS) is 25.7. The number of urea groups is 1. The molecule has 24 heavy (non-hydrogen) atoms. The molecule has 3 amide bonds. The van der Waals surface area contributed by atoms with E-state index >= 15 is 0 Å². The molecule has 0 unspecified atom stereocenters. The van der Waals surface area contributed by atoms with Crippen molar-refractivity contribution >= 4 is 29.2 Å². The minimum atomic E-state index is -0.238. The predicted molar refractivity (Wildman–Crippen MR) is 92.1 cm³/mol. The zero-order valence-electron chi connectivity index (χ0n) is 13.8. The SMILES string of the molecule is CC(C)NC(=O)[C@H]1C[C@@H]2CN(C(=O)Nc3ccc(Cl)cc3)C[C@H]1O2. The molecule has 3 rings (SSSR count). The first-order valence-corrected chi connectivity index (χ1v) is 8.57. The third kappa shape index (κ3) is 3.82. The summed E-state index contributed by atoms with van der Waals surface area (Å²) in [7, 11) is 0. The number of rotatable bonds is 3. The van der Waals surface area contributed by atoms with E-state index in [1.54, 1.807) is 29.2 Å². The van der Waals surface area contributed by atoms with Crippen molar-refractivity contribution in [1.82, 2.24) is 10.2 Å². The molecule has 2 N–H and O–H groups in total. The lowest BCUT2D eigenvalue weighted by atomic mass is 9.99. The van der Waals surface area contributed by atoms with Crippen LogP contribution in [0.15, 0.2) is 24.3 Å². The van der Waals surface area contributed by atoms with Crippen LogP contribution in [-0.4, -0.2) is 48.2 Å². The van der Waals surface area contributed by atoms with Crippen LogP contribution in [0.1, 0.15) is 20.3 Å². The van der Waals surface area contributed by atoms with Crippen molar-refractivity contribution in [3.8, 4) is 0 Å². The van der Waals surface area contributed by atoms with Crippen LogP contribution in [0.2, 0.25) is 5.02 Å². The molecule has 7 heteroatoms. The Labute approximate surface area is 146 Å². The quantitative estimate of drug-likeness (QED) is 0.879. The van der Waals surface area contributed by atoms with Crippen LogP contribution in [0, 0.1) is 5.92 Å². The number of ether oxygens (including phenoxy) is 1. The van der Waals surface area contributed by atoms with Crippen molar-refractivity contribution in [2.75, 3.05) is 18.4 Å². The highest BCUT2D eigenvalue weighted by molar-refractivity contribution is 6.30. The van der Waals surface area contributed by atoms with E-state index < -0.39 is 0 Å². The van der Waals surface area contributed by atoms with Gasteiger partial charge in [0.05, 0.1) is 18.1 Å². The first-order chi connectivity index (χ1) is 11.4. The van der Waals surface area contributed by atoms with Crippen LogP contribution in [0.3, 0.4) is 0 Å². The number of nitrogens with zero attached hydrogens (tertiary/aromatic N) is 1. The van der Waals surface area contributed by atoms with Gasteiger partial charge < -0.3 is 20.3 Å². The highest BCUT2D eigenvalue weighted by Crippen LogP contribution is 2.32. The van der Waals surface area contributed by atoms with E-state index in [0.29, 0.717) is 30.2 Å². The summed E-state index contributed by atoms with van der Waals surface area (Å²) in [6.07, 6.45) is 0.342. The van der Waals surface area contributed by atoms with Gasteiger partial charge in [0, 0.05) is 29.8 Å². The lowest BCUT2D eigenvalue weighted by Crippen LogP contribution is -2.49. The molecule has 2 heterocycles. The molecule has 2 aliphatic heterocycles. The Bertz CT molecular complexity index is 620. The van der Waals surface area contributed by atoms with Crippen molar-refractivity contribution in [3.63, 3.8) is 0 Å². The first kappa shape index (κ1) is 17.0. The van der Waals surface area contributed by atoms with Crippen LogP contribution in [0.4, 0.5) is 10.5 Å². The van der Waals surface area contributed by atoms with E-state index in [0.717, 1.165) is 0 Å². The van der Waals surface area contributed by atoms with Crippen molar-refractivity contribution < 1.29 is 14.3 Å². The van der Waals surface area contributed by atoms with Crippen LogP contribution >= 0.6 is 11.6 Å². The molecule has 0 spiro atoms. The zero-order chi connectivity index (χ0) is 17.3. The second-order valence-electron chi connectivity index (χ2n) is 6.64. The van der Waals surface area contributed by atoms with Crippen LogP contribution in [0.25, 0.3) is 0 Å². The topological polar surface area (TPSA) is 70.7 Å². The van der Waals surface area contributed by atoms with Crippen LogP contribution in [-0.2, 0) is 9.53 Å². The lowest BCUT2D eigenvalue weighted by Gasteiger charge is -2.32. The monoisotopic (exact) mass is 351 g/mol. The molecule has 130 valence electrons. The van der Waals surface area contributed by atoms with Gasteiger partial charge in [0.1, 0.15) is 0 Å². The number of nitrogens with one attached hydrogen (secondary N) is 2. The van der Waals surface area contributed by atoms with Gasteiger partial charge in [-0.05, 0) is 44.5 Å². The van der Waals surface area contributed by atoms with Gasteiger partial charge in [-0.3, -0.25) is 4.79 Å². The van der Waals surface area contributed by atoms with Gasteiger partial charge in [-0.1, -0.05) is 11.6 Å². The molecule has 2 fully saturated rings. The highest BCUT2D eigenvalue weighted by atomic mass is 35.5. The number of likely N-dealkylation sites (tertiary alicyclic amines) is 1. The maximum absolute atomic E-state index is 12.5. The summed E-state index contributed by atoms with van der Waals surface area (Å²) >= 11 is 5.85. The van der Waals surface area contributed by atoms with Crippen molar-refractivity contribution in [2.45, 2.75) is 38.5 Å². The fourth-order valence-electron chi connectivity index (χ4n) is 3.23. The number of hydrogen-bond acceptors (Lipinski definition) is 3. The van der Waals surface area contributed by atoms with Crippen molar-refractivity contribution in [1.29, 1.82) is 0 Å². The fourth-order valence-corrected chi connectivity index (χ4v) is 3.35. The minimum absolute atomic E-state index is 0.0115. The van der Waals surface area contributed by atoms with Crippen LogP contribution < -0.4 is 10.6 Å². The van der Waals surface area contributed by atoms with Gasteiger partial charge in [-0.15, -0.1) is 0 Å². The highest BCUT2D eigenvalue weighted by Gasteiger charge is 2.45. The van der Waals surface area contributed by atoms with E-state index in [2.05, 4.69) is 10.6 Å². The maximum atomic E-state index is 12.5. The molecular formula is C17H22ClN3O3. The van der Waals surface area contributed by atoms with Crippen molar-refractivity contribution in [3.05, 3.63) is 29.3 Å². The summed E-state index contributed by atoms with van der Waals surface area (Å²) in [6, 6.07) is 6.89. The van der Waals surface area contributed by atoms with E-state index in [-0.39, 0.29) is 36.1 Å². The zero-order valence-corrected chi connectivity index (χ0v) is 14.5. The third-order valence-corrected chi connectivity index (χ3v) is 4.56. The first-order valence-electron chi connectivity index (χ1n) is 8.19. The number of carbonyl (C=O) groups is 2. The number of halogens is 1. The number of hydrogen-bond donors (Lipinski definition) is 2. The molecule has 0 aromatic heterocycles. The number of amides is 3. The van der Waals surface area contributed by atoms with Gasteiger partial charge >= 0.3 is 6.03 Å². The van der Waals surface area contributed by atoms with Crippen molar-refractivity contribution in [2.24, 2.45) is 5.92 Å². The molecule has 2 bridgehead atoms. The average Bonchev–Trinajstić information content (AvgIpc) is 2.83. The predicted octanol–water partition coefficient (Wildman–Crippen LogP) is 2.49. The third-order valence-electron chi connectivity index (χ3n) is 4.31. The van der Waals surface area contributed by atoms with E-state index in [1.165, 1.54) is 0 Å². The summed E-state index contributed by atoms with van der Waals surface area (Å²) in [4.78, 5) is 26.4. The Morgan fingerprint density at radius 1 is 1.25 bits per heavy atom. The molecule has 2 saturated heterocycles. The smallest absolute Gasteiger partial charge is 0.322 e. The fraction of sp³-hybridized carbons (Fsp3) is 0.529. The largest absolute Gasteiger partial charge is 0.370 e. The standard InChI is InChI=1S/C17H22ClN3O3/c1-10(2)19-16(22)14-7-13-8-21(9-15(14)24-13)17(23)20-12-5-3-11(18)4-6-12/h3-6,10,13-15H,7-9H2,1-2H3,(H,19,22)(H,20,23)/t13-,14+,15-/m1/s1. The Morgan fingerprint density at radius 2 is 1.96 bits per heavy atom. The number of fused-ring (bicyclic) bond motifs is 2. The average molecular weight is 352 g/mol.